The molecule has 4 aromatic rings. The Balaban J connectivity index is 1.54. The zero-order chi connectivity index (χ0) is 26.8. The number of aryl methyl sites for hydroxylation is 1. The average molecular weight is 516 g/mol. The maximum Gasteiger partial charge on any atom is 0.270 e. The van der Waals surface area contributed by atoms with Crippen molar-refractivity contribution in [1.29, 1.82) is 5.26 Å². The molecular formula is C27H26FN7O3. The van der Waals surface area contributed by atoms with Crippen molar-refractivity contribution in [3.8, 4) is 17.7 Å². The number of benzene rings is 1. The third-order valence-electron chi connectivity index (χ3n) is 6.83. The SMILES string of the molecule is COc1ccc2c(n1)c(N1CCN(C(c3ncccn3)c3ccc(F)cc3OC)CC1)c(C#N)c(=O)n2C. The second-order valence-electron chi connectivity index (χ2n) is 8.84. The van der Waals surface area contributed by atoms with Crippen molar-refractivity contribution >= 4 is 16.7 Å². The lowest BCUT2D eigenvalue weighted by atomic mass is 10.0. The summed E-state index contributed by atoms with van der Waals surface area (Å²) in [5.41, 5.74) is 2.04. The third-order valence-corrected chi connectivity index (χ3v) is 6.83. The molecule has 1 aliphatic heterocycles. The van der Waals surface area contributed by atoms with E-state index in [2.05, 4.69) is 25.9 Å². The van der Waals surface area contributed by atoms with Crippen LogP contribution in [0.1, 0.15) is 23.0 Å². The van der Waals surface area contributed by atoms with Gasteiger partial charge in [0.15, 0.2) is 0 Å². The van der Waals surface area contributed by atoms with Gasteiger partial charge in [0.2, 0.25) is 5.88 Å². The van der Waals surface area contributed by atoms with Crippen LogP contribution in [0.2, 0.25) is 0 Å². The van der Waals surface area contributed by atoms with Gasteiger partial charge >= 0.3 is 0 Å². The lowest BCUT2D eigenvalue weighted by Gasteiger charge is -2.40. The predicted octanol–water partition coefficient (Wildman–Crippen LogP) is 2.66. The zero-order valence-electron chi connectivity index (χ0n) is 21.3. The Bertz CT molecular complexity index is 1580. The van der Waals surface area contributed by atoms with E-state index >= 15 is 0 Å². The number of halogens is 1. The molecule has 0 spiro atoms. The molecule has 0 N–H and O–H groups in total. The Labute approximate surface area is 218 Å². The van der Waals surface area contributed by atoms with Crippen LogP contribution in [0.25, 0.3) is 11.0 Å². The Morgan fingerprint density at radius 1 is 1.05 bits per heavy atom. The Kier molecular flexibility index (Phi) is 6.89. The first-order valence-corrected chi connectivity index (χ1v) is 12.0. The van der Waals surface area contributed by atoms with Crippen LogP contribution in [0.4, 0.5) is 10.1 Å². The van der Waals surface area contributed by atoms with E-state index in [0.29, 0.717) is 60.4 Å². The first-order valence-electron chi connectivity index (χ1n) is 12.0. The number of rotatable bonds is 6. The lowest BCUT2D eigenvalue weighted by molar-refractivity contribution is 0.202. The van der Waals surface area contributed by atoms with E-state index in [1.165, 1.54) is 30.9 Å². The van der Waals surface area contributed by atoms with Crippen LogP contribution in [0.5, 0.6) is 11.6 Å². The fraction of sp³-hybridized carbons (Fsp3) is 0.296. The quantitative estimate of drug-likeness (QED) is 0.383. The molecule has 1 unspecified atom stereocenters. The van der Waals surface area contributed by atoms with Gasteiger partial charge in [-0.3, -0.25) is 9.69 Å². The van der Waals surface area contributed by atoms with Gasteiger partial charge in [-0.25, -0.2) is 19.3 Å². The molecule has 1 fully saturated rings. The minimum absolute atomic E-state index is 0.0392. The fourth-order valence-electron chi connectivity index (χ4n) is 4.96. The molecule has 0 aliphatic carbocycles. The van der Waals surface area contributed by atoms with Crippen LogP contribution in [0, 0.1) is 17.1 Å². The summed E-state index contributed by atoms with van der Waals surface area (Å²) in [7, 11) is 4.65. The number of pyridine rings is 2. The number of nitrogens with zero attached hydrogens (tertiary/aromatic N) is 7. The normalized spacial score (nSPS) is 14.8. The standard InChI is InChI=1S/C27H26FN7O3/c1-33-20-7-8-22(38-3)32-23(20)24(19(16-29)27(33)36)34-11-13-35(14-12-34)25(26-30-9-4-10-31-26)18-6-5-17(28)15-21(18)37-2/h4-10,15,25H,11-14H2,1-3H3. The van der Waals surface area contributed by atoms with Gasteiger partial charge in [-0.2, -0.15) is 5.26 Å². The lowest BCUT2D eigenvalue weighted by Crippen LogP contribution is -2.49. The number of methoxy groups -OCH3 is 2. The largest absolute Gasteiger partial charge is 0.496 e. The molecule has 194 valence electrons. The summed E-state index contributed by atoms with van der Waals surface area (Å²) in [6, 6.07) is 11.4. The Morgan fingerprint density at radius 3 is 2.45 bits per heavy atom. The predicted molar refractivity (Wildman–Crippen MR) is 139 cm³/mol. The molecule has 11 heteroatoms. The third kappa shape index (κ3) is 4.39. The van der Waals surface area contributed by atoms with Gasteiger partial charge < -0.3 is 18.9 Å². The van der Waals surface area contributed by atoms with Crippen LogP contribution >= 0.6 is 0 Å². The minimum Gasteiger partial charge on any atom is -0.496 e. The molecule has 1 atom stereocenters. The Morgan fingerprint density at radius 2 is 1.79 bits per heavy atom. The molecule has 0 bridgehead atoms. The average Bonchev–Trinajstić information content (AvgIpc) is 2.96. The van der Waals surface area contributed by atoms with Gasteiger partial charge in [0.25, 0.3) is 5.56 Å². The van der Waals surface area contributed by atoms with E-state index in [1.54, 1.807) is 43.7 Å². The number of nitriles is 1. The first kappa shape index (κ1) is 25.1. The van der Waals surface area contributed by atoms with Gasteiger partial charge in [-0.1, -0.05) is 6.07 Å². The number of fused-ring (bicyclic) bond motifs is 1. The summed E-state index contributed by atoms with van der Waals surface area (Å²) in [5, 5.41) is 9.94. The molecule has 10 nitrogen and oxygen atoms in total. The highest BCUT2D eigenvalue weighted by Crippen LogP contribution is 2.36. The number of piperazine rings is 1. The molecule has 5 rings (SSSR count). The molecular weight excluding hydrogens is 489 g/mol. The molecule has 0 radical (unpaired) electrons. The van der Waals surface area contributed by atoms with Crippen molar-refractivity contribution in [1.82, 2.24) is 24.4 Å². The molecule has 1 aromatic carbocycles. The number of anilines is 1. The van der Waals surface area contributed by atoms with Crippen molar-refractivity contribution in [3.63, 3.8) is 0 Å². The zero-order valence-corrected chi connectivity index (χ0v) is 21.3. The summed E-state index contributed by atoms with van der Waals surface area (Å²) >= 11 is 0. The van der Waals surface area contributed by atoms with Gasteiger partial charge in [-0.15, -0.1) is 0 Å². The number of ether oxygens (including phenoxy) is 2. The molecule has 38 heavy (non-hydrogen) atoms. The Hall–Kier alpha value is -4.56. The molecule has 0 saturated carbocycles. The number of hydrogen-bond acceptors (Lipinski definition) is 9. The molecule has 4 heterocycles. The van der Waals surface area contributed by atoms with E-state index in [0.717, 1.165) is 5.56 Å². The number of hydrogen-bond donors (Lipinski definition) is 0. The van der Waals surface area contributed by atoms with Crippen LogP contribution < -0.4 is 19.9 Å². The van der Waals surface area contributed by atoms with Crippen molar-refractivity contribution in [2.45, 2.75) is 6.04 Å². The molecule has 0 amide bonds. The highest BCUT2D eigenvalue weighted by atomic mass is 19.1. The van der Waals surface area contributed by atoms with Gasteiger partial charge in [-0.05, 0) is 18.2 Å². The highest BCUT2D eigenvalue weighted by Gasteiger charge is 2.32. The fourth-order valence-corrected chi connectivity index (χ4v) is 4.96. The van der Waals surface area contributed by atoms with Gasteiger partial charge in [0, 0.05) is 63.3 Å². The van der Waals surface area contributed by atoms with E-state index in [1.807, 2.05) is 4.90 Å². The summed E-state index contributed by atoms with van der Waals surface area (Å²) in [4.78, 5) is 30.8. The highest BCUT2D eigenvalue weighted by molar-refractivity contribution is 5.92. The van der Waals surface area contributed by atoms with Crippen LogP contribution in [-0.2, 0) is 7.05 Å². The van der Waals surface area contributed by atoms with Crippen LogP contribution in [0.15, 0.2) is 53.6 Å². The smallest absolute Gasteiger partial charge is 0.270 e. The van der Waals surface area contributed by atoms with Gasteiger partial charge in [0.1, 0.15) is 34.5 Å². The summed E-state index contributed by atoms with van der Waals surface area (Å²) in [5.74, 6) is 0.969. The molecule has 3 aromatic heterocycles. The van der Waals surface area contributed by atoms with E-state index in [-0.39, 0.29) is 17.2 Å². The topological polar surface area (TPSA) is 109 Å². The summed E-state index contributed by atoms with van der Waals surface area (Å²) in [6.07, 6.45) is 3.34. The minimum atomic E-state index is -0.396. The van der Waals surface area contributed by atoms with E-state index in [4.69, 9.17) is 9.47 Å². The van der Waals surface area contributed by atoms with Gasteiger partial charge in [0.05, 0.1) is 31.5 Å². The van der Waals surface area contributed by atoms with E-state index < -0.39 is 5.82 Å². The maximum absolute atomic E-state index is 14.0. The van der Waals surface area contributed by atoms with Crippen molar-refractivity contribution in [2.75, 3.05) is 45.3 Å². The van der Waals surface area contributed by atoms with Crippen molar-refractivity contribution in [3.05, 3.63) is 81.9 Å². The second-order valence-corrected chi connectivity index (χ2v) is 8.84. The monoisotopic (exact) mass is 515 g/mol. The number of aromatic nitrogens is 4. The molecule has 1 aliphatic rings. The molecule has 1 saturated heterocycles. The second kappa shape index (κ2) is 10.4. The summed E-state index contributed by atoms with van der Waals surface area (Å²) in [6.45, 7) is 2.11. The maximum atomic E-state index is 14.0. The van der Waals surface area contributed by atoms with Crippen LogP contribution in [-0.4, -0.2) is 64.8 Å². The van der Waals surface area contributed by atoms with Crippen molar-refractivity contribution < 1.29 is 13.9 Å². The van der Waals surface area contributed by atoms with E-state index in [9.17, 15) is 14.4 Å². The first-order chi connectivity index (χ1) is 18.5. The van der Waals surface area contributed by atoms with Crippen molar-refractivity contribution in [2.24, 2.45) is 7.05 Å². The summed E-state index contributed by atoms with van der Waals surface area (Å²) < 4.78 is 26.3. The van der Waals surface area contributed by atoms with Crippen LogP contribution in [0.3, 0.4) is 0 Å².